The zero-order valence-electron chi connectivity index (χ0n) is 14.5. The molecule has 3 heterocycles. The predicted octanol–water partition coefficient (Wildman–Crippen LogP) is 4.49. The minimum atomic E-state index is -0.440. The summed E-state index contributed by atoms with van der Waals surface area (Å²) in [6.07, 6.45) is 9.40. The molecule has 0 radical (unpaired) electrons. The van der Waals surface area contributed by atoms with Crippen LogP contribution in [0.5, 0.6) is 0 Å². The van der Waals surface area contributed by atoms with Gasteiger partial charge in [0.05, 0.1) is 0 Å². The first-order valence-electron chi connectivity index (χ1n) is 8.40. The van der Waals surface area contributed by atoms with E-state index in [2.05, 4.69) is 11.1 Å². The van der Waals surface area contributed by atoms with Crippen molar-refractivity contribution in [3.63, 3.8) is 0 Å². The molecule has 1 amide bonds. The molecule has 0 aliphatic carbocycles. The van der Waals surface area contributed by atoms with E-state index in [1.165, 1.54) is 0 Å². The lowest BCUT2D eigenvalue weighted by Crippen LogP contribution is -2.41. The predicted molar refractivity (Wildman–Crippen MR) is 93.6 cm³/mol. The van der Waals surface area contributed by atoms with Gasteiger partial charge in [0.15, 0.2) is 0 Å². The molecule has 128 valence electrons. The zero-order valence-corrected chi connectivity index (χ0v) is 14.5. The van der Waals surface area contributed by atoms with Crippen molar-refractivity contribution in [2.45, 2.75) is 39.2 Å². The summed E-state index contributed by atoms with van der Waals surface area (Å²) in [5.41, 5.74) is 0.411. The number of pyridine rings is 1. The number of ether oxygens (including phenoxy) is 1. The van der Waals surface area contributed by atoms with Gasteiger partial charge in [-0.1, -0.05) is 6.08 Å². The van der Waals surface area contributed by atoms with E-state index < -0.39 is 5.60 Å². The lowest BCUT2D eigenvalue weighted by molar-refractivity contribution is 0.0197. The topological polar surface area (TPSA) is 55.6 Å². The number of nitrogens with zero attached hydrogens (tertiary/aromatic N) is 2. The Labute approximate surface area is 142 Å². The number of allylic oxidation sites excluding steroid dienone is 1. The minimum absolute atomic E-state index is 0.213. The second-order valence-corrected chi connectivity index (χ2v) is 7.23. The molecule has 1 fully saturated rings. The van der Waals surface area contributed by atoms with E-state index in [1.54, 1.807) is 17.3 Å². The summed E-state index contributed by atoms with van der Waals surface area (Å²) in [4.78, 5) is 18.0. The highest BCUT2D eigenvalue weighted by Gasteiger charge is 2.25. The van der Waals surface area contributed by atoms with E-state index in [4.69, 9.17) is 9.15 Å². The van der Waals surface area contributed by atoms with Crippen LogP contribution in [-0.4, -0.2) is 34.7 Å². The van der Waals surface area contributed by atoms with Crippen LogP contribution < -0.4 is 0 Å². The largest absolute Gasteiger partial charge is 0.457 e. The van der Waals surface area contributed by atoms with Crippen LogP contribution in [0.1, 0.15) is 39.4 Å². The van der Waals surface area contributed by atoms with E-state index in [1.807, 2.05) is 39.0 Å². The molecular formula is C19H24N2O3. The second-order valence-electron chi connectivity index (χ2n) is 7.23. The van der Waals surface area contributed by atoms with Gasteiger partial charge in [0.1, 0.15) is 16.9 Å². The van der Waals surface area contributed by atoms with Crippen LogP contribution >= 0.6 is 0 Å². The third-order valence-corrected chi connectivity index (χ3v) is 4.06. The molecule has 0 spiro atoms. The first kappa shape index (κ1) is 16.6. The van der Waals surface area contributed by atoms with E-state index >= 15 is 0 Å². The fourth-order valence-corrected chi connectivity index (χ4v) is 2.82. The number of likely N-dealkylation sites (tertiary alicyclic amines) is 1. The number of rotatable bonds is 2. The summed E-state index contributed by atoms with van der Waals surface area (Å²) in [5.74, 6) is 1.29. The van der Waals surface area contributed by atoms with Crippen molar-refractivity contribution in [2.75, 3.05) is 13.1 Å². The molecule has 2 aromatic heterocycles. The van der Waals surface area contributed by atoms with Crippen molar-refractivity contribution >= 4 is 23.1 Å². The fourth-order valence-electron chi connectivity index (χ4n) is 2.82. The third kappa shape index (κ3) is 4.16. The number of aromatic nitrogens is 1. The van der Waals surface area contributed by atoms with E-state index in [0.717, 1.165) is 42.7 Å². The van der Waals surface area contributed by atoms with Crippen LogP contribution in [0.4, 0.5) is 4.79 Å². The molecule has 0 saturated carbocycles. The van der Waals surface area contributed by atoms with Crippen LogP contribution in [0, 0.1) is 5.92 Å². The van der Waals surface area contributed by atoms with Crippen molar-refractivity contribution in [3.8, 4) is 0 Å². The Kier molecular flexibility index (Phi) is 4.60. The summed E-state index contributed by atoms with van der Waals surface area (Å²) in [6.45, 7) is 7.14. The molecule has 1 saturated heterocycles. The second kappa shape index (κ2) is 6.67. The first-order chi connectivity index (χ1) is 11.4. The van der Waals surface area contributed by atoms with Gasteiger partial charge in [-0.2, -0.15) is 0 Å². The van der Waals surface area contributed by atoms with Crippen molar-refractivity contribution in [1.82, 2.24) is 9.88 Å². The quantitative estimate of drug-likeness (QED) is 0.815. The molecule has 0 atom stereocenters. The molecule has 5 nitrogen and oxygen atoms in total. The molecule has 0 N–H and O–H groups in total. The standard InChI is InChI=1S/C19H24N2O3/c1-19(2,3)24-18(22)21-10-7-14(8-11-21)4-5-16-12-15-13-20-9-6-17(15)23-16/h4-6,9,12-14H,7-8,10-11H2,1-3H3/b5-4+. The van der Waals surface area contributed by atoms with Gasteiger partial charge in [0, 0.05) is 30.9 Å². The normalized spacial score (nSPS) is 16.9. The monoisotopic (exact) mass is 328 g/mol. The van der Waals surface area contributed by atoms with Crippen LogP contribution in [-0.2, 0) is 4.74 Å². The summed E-state index contributed by atoms with van der Waals surface area (Å²) in [7, 11) is 0. The van der Waals surface area contributed by atoms with Gasteiger partial charge in [-0.25, -0.2) is 4.79 Å². The number of fused-ring (bicyclic) bond motifs is 1. The fraction of sp³-hybridized carbons (Fsp3) is 0.474. The summed E-state index contributed by atoms with van der Waals surface area (Å²) in [6, 6.07) is 3.86. The van der Waals surface area contributed by atoms with Crippen molar-refractivity contribution < 1.29 is 13.9 Å². The lowest BCUT2D eigenvalue weighted by Gasteiger charge is -2.32. The molecule has 0 bridgehead atoms. The van der Waals surface area contributed by atoms with Crippen LogP contribution in [0.15, 0.2) is 35.0 Å². The highest BCUT2D eigenvalue weighted by atomic mass is 16.6. The third-order valence-electron chi connectivity index (χ3n) is 4.06. The van der Waals surface area contributed by atoms with Gasteiger partial charge >= 0.3 is 6.09 Å². The van der Waals surface area contributed by atoms with Crippen LogP contribution in [0.2, 0.25) is 0 Å². The van der Waals surface area contributed by atoms with Gasteiger partial charge in [-0.3, -0.25) is 4.98 Å². The van der Waals surface area contributed by atoms with Crippen LogP contribution in [0.25, 0.3) is 17.0 Å². The Balaban J connectivity index is 1.54. The van der Waals surface area contributed by atoms with Crippen molar-refractivity contribution in [1.29, 1.82) is 0 Å². The van der Waals surface area contributed by atoms with E-state index in [9.17, 15) is 4.79 Å². The zero-order chi connectivity index (χ0) is 17.2. The molecule has 1 aliphatic heterocycles. The van der Waals surface area contributed by atoms with Gasteiger partial charge in [0.2, 0.25) is 0 Å². The van der Waals surface area contributed by atoms with Crippen molar-refractivity contribution in [2.24, 2.45) is 5.92 Å². The Morgan fingerprint density at radius 1 is 1.38 bits per heavy atom. The molecule has 2 aromatic rings. The number of furan rings is 1. The van der Waals surface area contributed by atoms with Gasteiger partial charge in [0.25, 0.3) is 0 Å². The Bertz CT molecular complexity index is 701. The maximum absolute atomic E-state index is 12.1. The summed E-state index contributed by atoms with van der Waals surface area (Å²) < 4.78 is 11.2. The smallest absolute Gasteiger partial charge is 0.410 e. The molecule has 24 heavy (non-hydrogen) atoms. The highest BCUT2D eigenvalue weighted by Crippen LogP contribution is 2.23. The first-order valence-corrected chi connectivity index (χ1v) is 8.40. The highest BCUT2D eigenvalue weighted by molar-refractivity contribution is 5.78. The Morgan fingerprint density at radius 2 is 2.12 bits per heavy atom. The molecule has 5 heteroatoms. The number of hydrogen-bond donors (Lipinski definition) is 0. The maximum atomic E-state index is 12.1. The lowest BCUT2D eigenvalue weighted by atomic mass is 9.96. The molecule has 0 unspecified atom stereocenters. The molecular weight excluding hydrogens is 304 g/mol. The number of carbonyl (C=O) groups is 1. The average molecular weight is 328 g/mol. The molecule has 1 aliphatic rings. The summed E-state index contributed by atoms with van der Waals surface area (Å²) in [5, 5.41) is 1.01. The molecule has 0 aromatic carbocycles. The number of piperidine rings is 1. The SMILES string of the molecule is CC(C)(C)OC(=O)N1CCC(/C=C/c2cc3cnccc3o2)CC1. The average Bonchev–Trinajstić information content (AvgIpc) is 2.94. The minimum Gasteiger partial charge on any atom is -0.457 e. The van der Waals surface area contributed by atoms with Crippen molar-refractivity contribution in [3.05, 3.63) is 36.4 Å². The molecule has 3 rings (SSSR count). The van der Waals surface area contributed by atoms with E-state index in [-0.39, 0.29) is 6.09 Å². The van der Waals surface area contributed by atoms with Gasteiger partial charge < -0.3 is 14.1 Å². The van der Waals surface area contributed by atoms with Gasteiger partial charge in [-0.15, -0.1) is 0 Å². The number of carbonyl (C=O) groups excluding carboxylic acids is 1. The van der Waals surface area contributed by atoms with Crippen LogP contribution in [0.3, 0.4) is 0 Å². The summed E-state index contributed by atoms with van der Waals surface area (Å²) >= 11 is 0. The Morgan fingerprint density at radius 3 is 2.79 bits per heavy atom. The maximum Gasteiger partial charge on any atom is 0.410 e. The van der Waals surface area contributed by atoms with Gasteiger partial charge in [-0.05, 0) is 57.7 Å². The number of amides is 1. The van der Waals surface area contributed by atoms with E-state index in [0.29, 0.717) is 5.92 Å². The Hall–Kier alpha value is -2.30. The number of hydrogen-bond acceptors (Lipinski definition) is 4.